The van der Waals surface area contributed by atoms with E-state index < -0.39 is 5.60 Å². The molecule has 0 heterocycles. The summed E-state index contributed by atoms with van der Waals surface area (Å²) in [4.78, 5) is 11.6. The minimum absolute atomic E-state index is 0.00695. The van der Waals surface area contributed by atoms with Crippen LogP contribution in [-0.4, -0.2) is 36.4 Å². The van der Waals surface area contributed by atoms with Crippen LogP contribution in [0.15, 0.2) is 0 Å². The molecule has 1 atom stereocenters. The summed E-state index contributed by atoms with van der Waals surface area (Å²) in [6.45, 7) is 2.39. The van der Waals surface area contributed by atoms with Gasteiger partial charge in [-0.25, -0.2) is 0 Å². The van der Waals surface area contributed by atoms with Crippen molar-refractivity contribution in [2.75, 3.05) is 13.7 Å². The quantitative estimate of drug-likeness (QED) is 0.714. The second-order valence-corrected chi connectivity index (χ2v) is 4.53. The first kappa shape index (κ1) is 12.5. The van der Waals surface area contributed by atoms with Gasteiger partial charge in [-0.1, -0.05) is 12.8 Å². The molecule has 1 rings (SSSR count). The standard InChI is InChI=1S/C11H21NO3/c1-9(8-15-2)12-10(13)7-11(14)5-3-4-6-11/h9,14H,3-8H2,1-2H3,(H,12,13). The van der Waals surface area contributed by atoms with E-state index in [2.05, 4.69) is 5.32 Å². The zero-order valence-corrected chi connectivity index (χ0v) is 9.58. The lowest BCUT2D eigenvalue weighted by atomic mass is 9.97. The van der Waals surface area contributed by atoms with Crippen LogP contribution in [0.1, 0.15) is 39.0 Å². The van der Waals surface area contributed by atoms with E-state index in [9.17, 15) is 9.90 Å². The number of hydrogen-bond donors (Lipinski definition) is 2. The van der Waals surface area contributed by atoms with Gasteiger partial charge in [0.25, 0.3) is 0 Å². The molecule has 2 N–H and O–H groups in total. The fourth-order valence-electron chi connectivity index (χ4n) is 2.13. The molecule has 0 saturated heterocycles. The van der Waals surface area contributed by atoms with E-state index in [1.54, 1.807) is 7.11 Å². The Bertz CT molecular complexity index is 212. The summed E-state index contributed by atoms with van der Waals surface area (Å²) in [5, 5.41) is 12.8. The molecule has 88 valence electrons. The first-order valence-electron chi connectivity index (χ1n) is 5.56. The maximum atomic E-state index is 11.6. The lowest BCUT2D eigenvalue weighted by molar-refractivity contribution is -0.126. The second kappa shape index (κ2) is 5.47. The van der Waals surface area contributed by atoms with Crippen molar-refractivity contribution in [1.82, 2.24) is 5.32 Å². The van der Waals surface area contributed by atoms with Gasteiger partial charge in [-0.15, -0.1) is 0 Å². The Labute approximate surface area is 91.0 Å². The van der Waals surface area contributed by atoms with E-state index in [4.69, 9.17) is 4.74 Å². The minimum Gasteiger partial charge on any atom is -0.389 e. The smallest absolute Gasteiger partial charge is 0.223 e. The van der Waals surface area contributed by atoms with Crippen LogP contribution >= 0.6 is 0 Å². The molecule has 1 amide bonds. The van der Waals surface area contributed by atoms with Crippen LogP contribution in [-0.2, 0) is 9.53 Å². The van der Waals surface area contributed by atoms with Gasteiger partial charge in [-0.2, -0.15) is 0 Å². The van der Waals surface area contributed by atoms with E-state index in [1.165, 1.54) is 0 Å². The SMILES string of the molecule is COCC(C)NC(=O)CC1(O)CCCC1. The maximum Gasteiger partial charge on any atom is 0.223 e. The molecule has 0 aromatic heterocycles. The third-order valence-electron chi connectivity index (χ3n) is 2.85. The zero-order chi connectivity index (χ0) is 11.3. The summed E-state index contributed by atoms with van der Waals surface area (Å²) >= 11 is 0. The van der Waals surface area contributed by atoms with Crippen molar-refractivity contribution in [3.05, 3.63) is 0 Å². The van der Waals surface area contributed by atoms with Crippen molar-refractivity contribution in [1.29, 1.82) is 0 Å². The third kappa shape index (κ3) is 4.18. The summed E-state index contributed by atoms with van der Waals surface area (Å²) in [6.07, 6.45) is 3.77. The Kier molecular flexibility index (Phi) is 4.54. The predicted molar refractivity (Wildman–Crippen MR) is 57.5 cm³/mol. The highest BCUT2D eigenvalue weighted by Crippen LogP contribution is 2.32. The Hall–Kier alpha value is -0.610. The topological polar surface area (TPSA) is 58.6 Å². The molecular formula is C11H21NO3. The molecule has 0 aromatic carbocycles. The normalized spacial score (nSPS) is 21.3. The van der Waals surface area contributed by atoms with Crippen molar-refractivity contribution in [2.45, 2.75) is 50.7 Å². The molecule has 4 heteroatoms. The number of methoxy groups -OCH3 is 1. The predicted octanol–water partition coefficient (Wildman–Crippen LogP) is 0.833. The highest BCUT2D eigenvalue weighted by atomic mass is 16.5. The second-order valence-electron chi connectivity index (χ2n) is 4.53. The number of aliphatic hydroxyl groups is 1. The van der Waals surface area contributed by atoms with Crippen LogP contribution in [0, 0.1) is 0 Å². The molecule has 1 saturated carbocycles. The Morgan fingerprint density at radius 3 is 2.67 bits per heavy atom. The molecule has 0 aliphatic heterocycles. The highest BCUT2D eigenvalue weighted by Gasteiger charge is 2.33. The monoisotopic (exact) mass is 215 g/mol. The Morgan fingerprint density at radius 2 is 2.13 bits per heavy atom. The van der Waals surface area contributed by atoms with Crippen LogP contribution in [0.25, 0.3) is 0 Å². The van der Waals surface area contributed by atoms with Crippen molar-refractivity contribution in [2.24, 2.45) is 0 Å². The minimum atomic E-state index is -0.753. The van der Waals surface area contributed by atoms with Gasteiger partial charge in [0.05, 0.1) is 18.6 Å². The van der Waals surface area contributed by atoms with Crippen molar-refractivity contribution >= 4 is 5.91 Å². The molecule has 15 heavy (non-hydrogen) atoms. The van der Waals surface area contributed by atoms with E-state index >= 15 is 0 Å². The lowest BCUT2D eigenvalue weighted by Crippen LogP contribution is -2.40. The zero-order valence-electron chi connectivity index (χ0n) is 9.58. The lowest BCUT2D eigenvalue weighted by Gasteiger charge is -2.22. The van der Waals surface area contributed by atoms with E-state index in [0.29, 0.717) is 6.61 Å². The van der Waals surface area contributed by atoms with Crippen molar-refractivity contribution in [3.63, 3.8) is 0 Å². The van der Waals surface area contributed by atoms with E-state index in [-0.39, 0.29) is 18.4 Å². The van der Waals surface area contributed by atoms with Crippen molar-refractivity contribution < 1.29 is 14.6 Å². The number of carbonyl (C=O) groups excluding carboxylic acids is 1. The van der Waals surface area contributed by atoms with Gasteiger partial charge in [-0.05, 0) is 19.8 Å². The summed E-state index contributed by atoms with van der Waals surface area (Å²) < 4.78 is 4.92. The maximum absolute atomic E-state index is 11.6. The number of ether oxygens (including phenoxy) is 1. The first-order chi connectivity index (χ1) is 7.06. The molecule has 1 unspecified atom stereocenters. The number of carbonyl (C=O) groups is 1. The van der Waals surface area contributed by atoms with Gasteiger partial charge in [0, 0.05) is 13.2 Å². The number of hydrogen-bond acceptors (Lipinski definition) is 3. The molecule has 0 bridgehead atoms. The molecule has 1 aliphatic carbocycles. The Balaban J connectivity index is 2.28. The van der Waals surface area contributed by atoms with Crippen molar-refractivity contribution in [3.8, 4) is 0 Å². The van der Waals surface area contributed by atoms with Gasteiger partial charge in [0.2, 0.25) is 5.91 Å². The molecule has 0 radical (unpaired) electrons. The van der Waals surface area contributed by atoms with Gasteiger partial charge >= 0.3 is 0 Å². The van der Waals surface area contributed by atoms with E-state index in [0.717, 1.165) is 25.7 Å². The van der Waals surface area contributed by atoms with Gasteiger partial charge < -0.3 is 15.2 Å². The van der Waals surface area contributed by atoms with Crippen LogP contribution < -0.4 is 5.32 Å². The molecule has 0 aromatic rings. The summed E-state index contributed by atoms with van der Waals surface area (Å²) in [6, 6.07) is 0.00695. The average Bonchev–Trinajstić information content (AvgIpc) is 2.51. The van der Waals surface area contributed by atoms with Crippen LogP contribution in [0.4, 0.5) is 0 Å². The molecule has 0 spiro atoms. The molecule has 1 fully saturated rings. The Morgan fingerprint density at radius 1 is 1.53 bits per heavy atom. The average molecular weight is 215 g/mol. The van der Waals surface area contributed by atoms with Gasteiger partial charge in [0.1, 0.15) is 0 Å². The summed E-state index contributed by atoms with van der Waals surface area (Å²) in [5.74, 6) is -0.0797. The number of rotatable bonds is 5. The van der Waals surface area contributed by atoms with E-state index in [1.807, 2.05) is 6.92 Å². The fourth-order valence-corrected chi connectivity index (χ4v) is 2.13. The summed E-state index contributed by atoms with van der Waals surface area (Å²) in [5.41, 5.74) is -0.753. The first-order valence-corrected chi connectivity index (χ1v) is 5.56. The van der Waals surface area contributed by atoms with Crippen LogP contribution in [0.2, 0.25) is 0 Å². The van der Waals surface area contributed by atoms with Gasteiger partial charge in [-0.3, -0.25) is 4.79 Å². The third-order valence-corrected chi connectivity index (χ3v) is 2.85. The number of amides is 1. The number of nitrogens with one attached hydrogen (secondary N) is 1. The molecular weight excluding hydrogens is 194 g/mol. The molecule has 1 aliphatic rings. The van der Waals surface area contributed by atoms with Crippen LogP contribution in [0.3, 0.4) is 0 Å². The summed E-state index contributed by atoms with van der Waals surface area (Å²) in [7, 11) is 1.60. The van der Waals surface area contributed by atoms with Crippen LogP contribution in [0.5, 0.6) is 0 Å². The fraction of sp³-hybridized carbons (Fsp3) is 0.909. The molecule has 4 nitrogen and oxygen atoms in total. The van der Waals surface area contributed by atoms with Gasteiger partial charge in [0.15, 0.2) is 0 Å². The highest BCUT2D eigenvalue weighted by molar-refractivity contribution is 5.77. The largest absolute Gasteiger partial charge is 0.389 e.